The molecule has 3 atom stereocenters. The number of carbonyl (C=O) groups is 3. The molecule has 2 N–H and O–H groups in total. The minimum Gasteiger partial charge on any atom is -0.465 e. The number of methoxy groups -OCH3 is 1. The Morgan fingerprint density at radius 3 is 2.92 bits per heavy atom. The first kappa shape index (κ1) is 20.6. The summed E-state index contributed by atoms with van der Waals surface area (Å²) in [6, 6.07) is 0.565. The third-order valence-corrected chi connectivity index (χ3v) is 5.35. The van der Waals surface area contributed by atoms with Crippen molar-refractivity contribution in [2.75, 3.05) is 31.7 Å². The number of carbonyl (C=O) groups excluding carboxylic acids is 3. The van der Waals surface area contributed by atoms with Gasteiger partial charge in [0.2, 0.25) is 11.8 Å². The van der Waals surface area contributed by atoms with Gasteiger partial charge in [-0.2, -0.15) is 0 Å². The number of nitrogens with one attached hydrogen (secondary N) is 2. The number of thiophene rings is 1. The second-order valence-electron chi connectivity index (χ2n) is 5.98. The maximum atomic E-state index is 12.7. The minimum atomic E-state index is -0.601. The predicted octanol–water partition coefficient (Wildman–Crippen LogP) is 0.555. The zero-order valence-electron chi connectivity index (χ0n) is 14.5. The molecule has 2 saturated heterocycles. The van der Waals surface area contributed by atoms with Crippen LogP contribution in [-0.2, 0) is 19.1 Å². The Bertz CT molecular complexity index is 683. The van der Waals surface area contributed by atoms with Crippen LogP contribution in [0.3, 0.4) is 0 Å². The lowest BCUT2D eigenvalue weighted by Gasteiger charge is -2.30. The summed E-state index contributed by atoms with van der Waals surface area (Å²) in [7, 11) is 1.30. The van der Waals surface area contributed by atoms with E-state index in [-0.39, 0.29) is 30.3 Å². The zero-order valence-corrected chi connectivity index (χ0v) is 16.2. The monoisotopic (exact) mass is 403 g/mol. The molecule has 10 heteroatoms. The molecule has 0 aliphatic carbocycles. The van der Waals surface area contributed by atoms with Crippen LogP contribution in [0.25, 0.3) is 0 Å². The summed E-state index contributed by atoms with van der Waals surface area (Å²) in [6.45, 7) is 3.44. The van der Waals surface area contributed by atoms with Gasteiger partial charge in [0.1, 0.15) is 17.1 Å². The first-order chi connectivity index (χ1) is 12.0. The van der Waals surface area contributed by atoms with E-state index in [2.05, 4.69) is 10.6 Å². The lowest BCUT2D eigenvalue weighted by molar-refractivity contribution is -0.132. The molecular weight excluding hydrogens is 382 g/mol. The number of nitrogens with zero attached hydrogens (tertiary/aromatic N) is 1. The summed E-state index contributed by atoms with van der Waals surface area (Å²) >= 11 is 1.30. The van der Waals surface area contributed by atoms with Crippen molar-refractivity contribution in [2.24, 2.45) is 0 Å². The van der Waals surface area contributed by atoms with Crippen LogP contribution in [0, 0.1) is 0 Å². The maximum Gasteiger partial charge on any atom is 0.340 e. The second kappa shape index (κ2) is 8.81. The fourth-order valence-corrected chi connectivity index (χ4v) is 4.00. The van der Waals surface area contributed by atoms with E-state index in [9.17, 15) is 14.4 Å². The van der Waals surface area contributed by atoms with Gasteiger partial charge < -0.3 is 25.0 Å². The molecule has 3 rings (SSSR count). The molecule has 2 aliphatic heterocycles. The Labute approximate surface area is 161 Å². The number of ether oxygens (including phenoxy) is 2. The fraction of sp³-hybridized carbons (Fsp3) is 0.562. The summed E-state index contributed by atoms with van der Waals surface area (Å²) in [5.41, 5.74) is 0.365. The Morgan fingerprint density at radius 2 is 2.23 bits per heavy atom. The molecule has 2 amide bonds. The fourth-order valence-electron chi connectivity index (χ4n) is 3.08. The van der Waals surface area contributed by atoms with Crippen LogP contribution >= 0.6 is 23.7 Å². The average molecular weight is 404 g/mol. The van der Waals surface area contributed by atoms with Crippen molar-refractivity contribution in [2.45, 2.75) is 31.5 Å². The van der Waals surface area contributed by atoms with Gasteiger partial charge in [-0.25, -0.2) is 4.79 Å². The highest BCUT2D eigenvalue weighted by atomic mass is 35.5. The molecule has 0 bridgehead atoms. The first-order valence-corrected chi connectivity index (χ1v) is 9.03. The van der Waals surface area contributed by atoms with E-state index in [1.165, 1.54) is 23.3 Å². The zero-order chi connectivity index (χ0) is 18.0. The van der Waals surface area contributed by atoms with Crippen molar-refractivity contribution in [3.63, 3.8) is 0 Å². The van der Waals surface area contributed by atoms with Gasteiger partial charge in [-0.3, -0.25) is 9.59 Å². The largest absolute Gasteiger partial charge is 0.465 e. The van der Waals surface area contributed by atoms with Crippen LogP contribution < -0.4 is 15.5 Å². The summed E-state index contributed by atoms with van der Waals surface area (Å²) in [6.07, 6.45) is 0.245. The molecule has 2 aliphatic rings. The van der Waals surface area contributed by atoms with Crippen LogP contribution in [0.4, 0.5) is 5.00 Å². The number of rotatable bonds is 4. The topological polar surface area (TPSA) is 97.0 Å². The van der Waals surface area contributed by atoms with Crippen molar-refractivity contribution in [3.05, 3.63) is 17.0 Å². The quantitative estimate of drug-likeness (QED) is 0.713. The van der Waals surface area contributed by atoms with E-state index in [1.54, 1.807) is 11.4 Å². The van der Waals surface area contributed by atoms with Crippen molar-refractivity contribution < 1.29 is 23.9 Å². The molecule has 1 aromatic rings. The van der Waals surface area contributed by atoms with Gasteiger partial charge in [-0.1, -0.05) is 0 Å². The lowest BCUT2D eigenvalue weighted by atomic mass is 10.1. The van der Waals surface area contributed by atoms with Crippen molar-refractivity contribution in [1.29, 1.82) is 0 Å². The molecule has 1 aromatic heterocycles. The van der Waals surface area contributed by atoms with Gasteiger partial charge in [0.25, 0.3) is 0 Å². The Morgan fingerprint density at radius 1 is 1.46 bits per heavy atom. The smallest absolute Gasteiger partial charge is 0.340 e. The molecule has 2 fully saturated rings. The number of hydrogen-bond donors (Lipinski definition) is 2. The molecule has 144 valence electrons. The summed E-state index contributed by atoms with van der Waals surface area (Å²) < 4.78 is 10.2. The standard InChI is InChI=1S/C16H21N3O5S.ClH/c1-9-12(17-5-7-24-9)13(20)18-11-3-6-19(14(11)21)15-10(4-8-25-15)16(22)23-2;/h4,8-9,11-12,17H,3,5-7H2,1-2H3,(H,18,20);1H/t9-,11?,12+;/m1./s1. The Kier molecular flexibility index (Phi) is 6.99. The molecule has 0 aromatic carbocycles. The summed E-state index contributed by atoms with van der Waals surface area (Å²) in [5.74, 6) is -0.939. The SMILES string of the molecule is COC(=O)c1ccsc1N1CCC(NC(=O)[C@H]2NCCO[C@@H]2C)C1=O.Cl. The summed E-state index contributed by atoms with van der Waals surface area (Å²) in [5, 5.41) is 8.20. The van der Waals surface area contributed by atoms with E-state index < -0.39 is 18.1 Å². The normalized spacial score (nSPS) is 25.5. The highest BCUT2D eigenvalue weighted by Gasteiger charge is 2.38. The van der Waals surface area contributed by atoms with Crippen molar-refractivity contribution >= 4 is 46.5 Å². The molecule has 0 saturated carbocycles. The van der Waals surface area contributed by atoms with E-state index in [1.807, 2.05) is 6.92 Å². The van der Waals surface area contributed by atoms with Crippen LogP contribution in [-0.4, -0.2) is 62.8 Å². The van der Waals surface area contributed by atoms with Crippen LogP contribution in [0.5, 0.6) is 0 Å². The summed E-state index contributed by atoms with van der Waals surface area (Å²) in [4.78, 5) is 38.5. The molecule has 8 nitrogen and oxygen atoms in total. The van der Waals surface area contributed by atoms with E-state index in [4.69, 9.17) is 9.47 Å². The minimum absolute atomic E-state index is 0. The maximum absolute atomic E-state index is 12.7. The lowest BCUT2D eigenvalue weighted by Crippen LogP contribution is -2.57. The van der Waals surface area contributed by atoms with E-state index in [0.29, 0.717) is 36.7 Å². The molecule has 3 heterocycles. The Hall–Kier alpha value is -1.68. The first-order valence-electron chi connectivity index (χ1n) is 8.15. The van der Waals surface area contributed by atoms with Crippen LogP contribution in [0.15, 0.2) is 11.4 Å². The van der Waals surface area contributed by atoms with Crippen molar-refractivity contribution in [3.8, 4) is 0 Å². The van der Waals surface area contributed by atoms with Gasteiger partial charge in [-0.15, -0.1) is 23.7 Å². The predicted molar refractivity (Wildman–Crippen MR) is 99.0 cm³/mol. The molecule has 1 unspecified atom stereocenters. The number of morpholine rings is 1. The Balaban J connectivity index is 0.00000243. The van der Waals surface area contributed by atoms with Crippen LogP contribution in [0.2, 0.25) is 0 Å². The van der Waals surface area contributed by atoms with E-state index in [0.717, 1.165) is 0 Å². The number of amides is 2. The van der Waals surface area contributed by atoms with Gasteiger partial charge in [0.05, 0.1) is 25.4 Å². The molecule has 26 heavy (non-hydrogen) atoms. The highest BCUT2D eigenvalue weighted by molar-refractivity contribution is 7.14. The molecule has 0 radical (unpaired) electrons. The van der Waals surface area contributed by atoms with Crippen LogP contribution in [0.1, 0.15) is 23.7 Å². The second-order valence-corrected chi connectivity index (χ2v) is 6.87. The van der Waals surface area contributed by atoms with Gasteiger partial charge in [0.15, 0.2) is 0 Å². The van der Waals surface area contributed by atoms with E-state index >= 15 is 0 Å². The number of halogens is 1. The number of esters is 1. The number of anilines is 1. The van der Waals surface area contributed by atoms with Gasteiger partial charge >= 0.3 is 5.97 Å². The van der Waals surface area contributed by atoms with Gasteiger partial charge in [0, 0.05) is 13.1 Å². The van der Waals surface area contributed by atoms with Gasteiger partial charge in [-0.05, 0) is 24.8 Å². The molecule has 0 spiro atoms. The third-order valence-electron chi connectivity index (χ3n) is 4.42. The third kappa shape index (κ3) is 4.01. The number of hydrogen-bond acceptors (Lipinski definition) is 7. The van der Waals surface area contributed by atoms with Crippen molar-refractivity contribution in [1.82, 2.24) is 10.6 Å². The molecular formula is C16H22ClN3O5S. The average Bonchev–Trinajstić information content (AvgIpc) is 3.22. The highest BCUT2D eigenvalue weighted by Crippen LogP contribution is 2.31.